The van der Waals surface area contributed by atoms with Gasteiger partial charge in [-0.25, -0.2) is 0 Å². The molecule has 1 aliphatic rings. The molecule has 2 aromatic rings. The van der Waals surface area contributed by atoms with E-state index < -0.39 is 6.10 Å². The van der Waals surface area contributed by atoms with Crippen LogP contribution in [0.3, 0.4) is 0 Å². The van der Waals surface area contributed by atoms with E-state index in [1.165, 1.54) is 5.56 Å². The molecule has 1 unspecified atom stereocenters. The summed E-state index contributed by atoms with van der Waals surface area (Å²) in [5, 5.41) is 0.744. The van der Waals surface area contributed by atoms with Crippen LogP contribution in [0.2, 0.25) is 5.02 Å². The summed E-state index contributed by atoms with van der Waals surface area (Å²) in [6, 6.07) is 14.1. The molecule has 3 rings (SSSR count). The molecular weight excluding hydrogens is 384 g/mol. The van der Waals surface area contributed by atoms with Crippen LogP contribution in [0.25, 0.3) is 6.08 Å². The Balaban J connectivity index is 1.47. The van der Waals surface area contributed by atoms with Gasteiger partial charge in [0.2, 0.25) is 0 Å². The number of carbonyl (C=O) groups excluding carboxylic acids is 1. The van der Waals surface area contributed by atoms with Gasteiger partial charge in [0.05, 0.1) is 0 Å². The van der Waals surface area contributed by atoms with E-state index in [2.05, 4.69) is 29.2 Å². The summed E-state index contributed by atoms with van der Waals surface area (Å²) in [7, 11) is 0. The molecule has 0 radical (unpaired) electrons. The Bertz CT molecular complexity index is 835. The summed E-state index contributed by atoms with van der Waals surface area (Å²) >= 11 is 6.21. The van der Waals surface area contributed by atoms with Gasteiger partial charge in [-0.15, -0.1) is 0 Å². The van der Waals surface area contributed by atoms with Crippen molar-refractivity contribution in [2.75, 3.05) is 32.7 Å². The highest BCUT2D eigenvalue weighted by atomic mass is 35.5. The second-order valence-corrected chi connectivity index (χ2v) is 7.95. The summed E-state index contributed by atoms with van der Waals surface area (Å²) in [6.45, 7) is 9.80. The number of ether oxygens (including phenoxy) is 1. The van der Waals surface area contributed by atoms with Crippen LogP contribution in [0.4, 0.5) is 0 Å². The van der Waals surface area contributed by atoms with Crippen LogP contribution >= 0.6 is 11.6 Å². The number of rotatable bonds is 6. The minimum absolute atomic E-state index is 0.0368. The first-order valence-corrected chi connectivity index (χ1v) is 10.5. The summed E-state index contributed by atoms with van der Waals surface area (Å²) in [6.07, 6.45) is 3.81. The lowest BCUT2D eigenvalue weighted by Crippen LogP contribution is -2.51. The average molecular weight is 413 g/mol. The molecule has 2 aromatic carbocycles. The number of halogens is 1. The molecule has 0 aromatic heterocycles. The highest BCUT2D eigenvalue weighted by Gasteiger charge is 2.25. The molecule has 1 atom stereocenters. The van der Waals surface area contributed by atoms with E-state index >= 15 is 0 Å². The Morgan fingerprint density at radius 2 is 1.72 bits per heavy atom. The number of aryl methyl sites for hydroxylation is 2. The maximum Gasteiger partial charge on any atom is 0.263 e. The zero-order chi connectivity index (χ0) is 20.8. The summed E-state index contributed by atoms with van der Waals surface area (Å²) in [4.78, 5) is 17.0. The van der Waals surface area contributed by atoms with Crippen molar-refractivity contribution in [3.8, 4) is 5.75 Å². The maximum absolute atomic E-state index is 12.8. The number of benzene rings is 2. The van der Waals surface area contributed by atoms with Gasteiger partial charge >= 0.3 is 0 Å². The second-order valence-electron chi connectivity index (χ2n) is 7.57. The average Bonchev–Trinajstić information content (AvgIpc) is 2.72. The van der Waals surface area contributed by atoms with Crippen molar-refractivity contribution in [2.24, 2.45) is 0 Å². The minimum atomic E-state index is -0.514. The molecule has 1 saturated heterocycles. The molecule has 1 fully saturated rings. The van der Waals surface area contributed by atoms with Crippen molar-refractivity contribution in [3.63, 3.8) is 0 Å². The van der Waals surface area contributed by atoms with Gasteiger partial charge in [0.15, 0.2) is 6.10 Å². The third kappa shape index (κ3) is 5.84. The van der Waals surface area contributed by atoms with Gasteiger partial charge < -0.3 is 9.64 Å². The van der Waals surface area contributed by atoms with E-state index in [1.54, 1.807) is 0 Å². The number of amides is 1. The van der Waals surface area contributed by atoms with E-state index in [-0.39, 0.29) is 5.91 Å². The third-order valence-corrected chi connectivity index (χ3v) is 5.82. The number of nitrogens with zero attached hydrogens (tertiary/aromatic N) is 2. The smallest absolute Gasteiger partial charge is 0.263 e. The summed E-state index contributed by atoms with van der Waals surface area (Å²) in [5.41, 5.74) is 3.12. The van der Waals surface area contributed by atoms with Crippen molar-refractivity contribution in [1.29, 1.82) is 0 Å². The predicted octanol–water partition coefficient (Wildman–Crippen LogP) is 4.58. The fraction of sp³-hybridized carbons (Fsp3) is 0.375. The Morgan fingerprint density at radius 3 is 2.34 bits per heavy atom. The molecule has 154 valence electrons. The Kier molecular flexibility index (Phi) is 7.34. The number of carbonyl (C=O) groups is 1. The molecule has 5 heteroatoms. The second kappa shape index (κ2) is 9.95. The normalized spacial score (nSPS) is 16.2. The number of hydrogen-bond donors (Lipinski definition) is 0. The van der Waals surface area contributed by atoms with E-state index in [0.29, 0.717) is 5.75 Å². The van der Waals surface area contributed by atoms with E-state index in [1.807, 2.05) is 56.0 Å². The van der Waals surface area contributed by atoms with Crippen LogP contribution in [-0.2, 0) is 4.79 Å². The Hall–Kier alpha value is -2.30. The lowest BCUT2D eigenvalue weighted by Gasteiger charge is -2.35. The molecule has 4 nitrogen and oxygen atoms in total. The monoisotopic (exact) mass is 412 g/mol. The molecule has 0 saturated carbocycles. The third-order valence-electron chi connectivity index (χ3n) is 5.23. The first-order chi connectivity index (χ1) is 13.9. The molecule has 0 bridgehead atoms. The van der Waals surface area contributed by atoms with Gasteiger partial charge in [-0.2, -0.15) is 0 Å². The zero-order valence-electron chi connectivity index (χ0n) is 17.4. The maximum atomic E-state index is 12.8. The van der Waals surface area contributed by atoms with Crippen molar-refractivity contribution < 1.29 is 9.53 Å². The first-order valence-electron chi connectivity index (χ1n) is 10.1. The van der Waals surface area contributed by atoms with Crippen LogP contribution in [0, 0.1) is 13.8 Å². The van der Waals surface area contributed by atoms with Crippen LogP contribution < -0.4 is 4.74 Å². The molecular formula is C24H29ClN2O2. The highest BCUT2D eigenvalue weighted by Crippen LogP contribution is 2.26. The molecule has 1 heterocycles. The number of hydrogen-bond acceptors (Lipinski definition) is 3. The number of piperazine rings is 1. The lowest BCUT2D eigenvalue weighted by molar-refractivity contribution is -0.139. The largest absolute Gasteiger partial charge is 0.481 e. The SMILES string of the molecule is Cc1cc(OC(C)C(=O)N2CCN(C/C=C/c3ccccc3)CC2)cc(C)c1Cl. The van der Waals surface area contributed by atoms with E-state index in [9.17, 15) is 4.79 Å². The lowest BCUT2D eigenvalue weighted by atomic mass is 10.1. The fourth-order valence-corrected chi connectivity index (χ4v) is 3.65. The van der Waals surface area contributed by atoms with Gasteiger partial charge in [-0.1, -0.05) is 54.1 Å². The first kappa shape index (κ1) is 21.4. The molecule has 29 heavy (non-hydrogen) atoms. The van der Waals surface area contributed by atoms with Gasteiger partial charge in [0, 0.05) is 37.7 Å². The fourth-order valence-electron chi connectivity index (χ4n) is 3.54. The highest BCUT2D eigenvalue weighted by molar-refractivity contribution is 6.32. The van der Waals surface area contributed by atoms with Gasteiger partial charge in [-0.3, -0.25) is 9.69 Å². The van der Waals surface area contributed by atoms with E-state index in [4.69, 9.17) is 16.3 Å². The molecule has 1 amide bonds. The van der Waals surface area contributed by atoms with Crippen LogP contribution in [0.1, 0.15) is 23.6 Å². The zero-order valence-corrected chi connectivity index (χ0v) is 18.2. The van der Waals surface area contributed by atoms with Crippen LogP contribution in [0.5, 0.6) is 5.75 Å². The predicted molar refractivity (Wildman–Crippen MR) is 120 cm³/mol. The van der Waals surface area contributed by atoms with Gasteiger partial charge in [-0.05, 0) is 49.6 Å². The summed E-state index contributed by atoms with van der Waals surface area (Å²) in [5.74, 6) is 0.727. The van der Waals surface area contributed by atoms with E-state index in [0.717, 1.165) is 48.9 Å². The van der Waals surface area contributed by atoms with Crippen molar-refractivity contribution >= 4 is 23.6 Å². The van der Waals surface area contributed by atoms with Crippen LogP contribution in [-0.4, -0.2) is 54.5 Å². The minimum Gasteiger partial charge on any atom is -0.481 e. The van der Waals surface area contributed by atoms with Crippen molar-refractivity contribution in [3.05, 3.63) is 70.3 Å². The molecule has 1 aliphatic heterocycles. The molecule has 0 N–H and O–H groups in total. The Labute approximate surface area is 178 Å². The van der Waals surface area contributed by atoms with Crippen LogP contribution in [0.15, 0.2) is 48.5 Å². The van der Waals surface area contributed by atoms with Crippen molar-refractivity contribution in [2.45, 2.75) is 26.9 Å². The van der Waals surface area contributed by atoms with Gasteiger partial charge in [0.25, 0.3) is 5.91 Å². The van der Waals surface area contributed by atoms with Crippen molar-refractivity contribution in [1.82, 2.24) is 9.80 Å². The quantitative estimate of drug-likeness (QED) is 0.696. The van der Waals surface area contributed by atoms with Gasteiger partial charge in [0.1, 0.15) is 5.75 Å². The molecule has 0 spiro atoms. The standard InChI is InChI=1S/C24H29ClN2O2/c1-18-16-22(17-19(2)23(18)25)29-20(3)24(28)27-14-12-26(13-15-27)11-7-10-21-8-5-4-6-9-21/h4-10,16-17,20H,11-15H2,1-3H3/b10-7+. The topological polar surface area (TPSA) is 32.8 Å². The molecule has 0 aliphatic carbocycles. The summed E-state index contributed by atoms with van der Waals surface area (Å²) < 4.78 is 5.91. The Morgan fingerprint density at radius 1 is 1.10 bits per heavy atom.